The molecule has 0 radical (unpaired) electrons. The second-order valence-electron chi connectivity index (χ2n) is 4.36. The number of hydrogen-bond donors (Lipinski definition) is 0. The molecule has 1 aromatic heterocycles. The fraction of sp³-hybridized carbons (Fsp3) is 0.667. The molecule has 0 unspecified atom stereocenters. The van der Waals surface area contributed by atoms with Gasteiger partial charge in [0.2, 0.25) is 4.80 Å². The van der Waals surface area contributed by atoms with Crippen LogP contribution >= 0.6 is 11.3 Å². The van der Waals surface area contributed by atoms with E-state index in [2.05, 4.69) is 28.6 Å². The van der Waals surface area contributed by atoms with E-state index < -0.39 is 0 Å². The molecule has 1 aliphatic rings. The van der Waals surface area contributed by atoms with Crippen LogP contribution in [0.3, 0.4) is 0 Å². The van der Waals surface area contributed by atoms with Crippen LogP contribution in [0.15, 0.2) is 15.5 Å². The van der Waals surface area contributed by atoms with Crippen LogP contribution in [-0.4, -0.2) is 17.9 Å². The largest absolute Gasteiger partial charge is 0.261 e. The summed E-state index contributed by atoms with van der Waals surface area (Å²) in [5.74, 6) is 0.672. The van der Waals surface area contributed by atoms with E-state index in [1.54, 1.807) is 11.3 Å². The maximum Gasteiger partial charge on any atom is 0.205 e. The highest BCUT2D eigenvalue weighted by molar-refractivity contribution is 7.07. The van der Waals surface area contributed by atoms with Crippen LogP contribution in [-0.2, 0) is 0 Å². The molecule has 0 spiro atoms. The highest BCUT2D eigenvalue weighted by Gasteiger charge is 2.10. The third-order valence-corrected chi connectivity index (χ3v) is 4.11. The van der Waals surface area contributed by atoms with Crippen molar-refractivity contribution >= 4 is 17.6 Å². The Kier molecular flexibility index (Phi) is 3.93. The summed E-state index contributed by atoms with van der Waals surface area (Å²) >= 11 is 1.65. The molecule has 16 heavy (non-hydrogen) atoms. The highest BCUT2D eigenvalue weighted by atomic mass is 32.1. The van der Waals surface area contributed by atoms with E-state index in [0.29, 0.717) is 5.92 Å². The van der Waals surface area contributed by atoms with E-state index in [1.165, 1.54) is 32.1 Å². The van der Waals surface area contributed by atoms with Gasteiger partial charge in [0.05, 0.1) is 5.69 Å². The smallest absolute Gasteiger partial charge is 0.205 e. The van der Waals surface area contributed by atoms with Crippen LogP contribution in [0.2, 0.25) is 0 Å². The first kappa shape index (κ1) is 11.6. The summed E-state index contributed by atoms with van der Waals surface area (Å²) in [6.45, 7) is 2.07. The van der Waals surface area contributed by atoms with E-state index in [1.807, 2.05) is 11.7 Å². The van der Waals surface area contributed by atoms with Crippen LogP contribution < -0.4 is 4.80 Å². The number of aromatic nitrogens is 1. The monoisotopic (exact) mass is 237 g/mol. The second-order valence-corrected chi connectivity index (χ2v) is 5.19. The summed E-state index contributed by atoms with van der Waals surface area (Å²) in [5, 5.41) is 6.67. The first-order valence-corrected chi connectivity index (χ1v) is 6.83. The third kappa shape index (κ3) is 2.61. The van der Waals surface area contributed by atoms with Gasteiger partial charge in [0, 0.05) is 18.6 Å². The Morgan fingerprint density at radius 1 is 1.38 bits per heavy atom. The Hall–Kier alpha value is -0.900. The van der Waals surface area contributed by atoms with Crippen LogP contribution in [0.4, 0.5) is 0 Å². The van der Waals surface area contributed by atoms with Gasteiger partial charge in [-0.15, -0.1) is 11.3 Å². The minimum atomic E-state index is 0.672. The maximum absolute atomic E-state index is 4.57. The number of rotatable bonds is 2. The number of nitrogens with zero attached hydrogens (tertiary/aromatic N) is 3. The fourth-order valence-electron chi connectivity index (χ4n) is 2.12. The van der Waals surface area contributed by atoms with Gasteiger partial charge in [0.25, 0.3) is 0 Å². The van der Waals surface area contributed by atoms with Gasteiger partial charge in [-0.2, -0.15) is 5.10 Å². The molecule has 3 nitrogen and oxygen atoms in total. The van der Waals surface area contributed by atoms with E-state index in [-0.39, 0.29) is 0 Å². The van der Waals surface area contributed by atoms with Gasteiger partial charge >= 0.3 is 0 Å². The molecule has 0 saturated heterocycles. The van der Waals surface area contributed by atoms with Crippen LogP contribution in [0.5, 0.6) is 0 Å². The minimum Gasteiger partial charge on any atom is -0.261 e. The fourth-order valence-corrected chi connectivity index (χ4v) is 2.89. The number of aryl methyl sites for hydroxylation is 1. The van der Waals surface area contributed by atoms with Crippen LogP contribution in [0, 0.1) is 12.8 Å². The Balaban J connectivity index is 2.13. The summed E-state index contributed by atoms with van der Waals surface area (Å²) in [5.41, 5.74) is 1.16. The van der Waals surface area contributed by atoms with Crippen molar-refractivity contribution in [3.8, 4) is 0 Å². The normalized spacial score (nSPS) is 19.8. The predicted octanol–water partition coefficient (Wildman–Crippen LogP) is 2.80. The van der Waals surface area contributed by atoms with Crippen molar-refractivity contribution in [1.82, 2.24) is 4.68 Å². The van der Waals surface area contributed by atoms with Gasteiger partial charge in [-0.1, -0.05) is 19.3 Å². The Bertz CT molecular complexity index is 422. The molecule has 0 atom stereocenters. The summed E-state index contributed by atoms with van der Waals surface area (Å²) in [6.07, 6.45) is 8.82. The topological polar surface area (TPSA) is 29.6 Å². The molecule has 1 aromatic rings. The van der Waals surface area contributed by atoms with E-state index >= 15 is 0 Å². The van der Waals surface area contributed by atoms with Crippen molar-refractivity contribution in [2.24, 2.45) is 16.0 Å². The molecule has 1 fully saturated rings. The second kappa shape index (κ2) is 5.43. The zero-order valence-corrected chi connectivity index (χ0v) is 10.8. The zero-order chi connectivity index (χ0) is 11.4. The molecule has 1 heterocycles. The lowest BCUT2D eigenvalue weighted by Gasteiger charge is -2.16. The van der Waals surface area contributed by atoms with E-state index in [0.717, 1.165) is 10.5 Å². The Morgan fingerprint density at radius 2 is 2.12 bits per heavy atom. The predicted molar refractivity (Wildman–Crippen MR) is 69.0 cm³/mol. The van der Waals surface area contributed by atoms with Crippen molar-refractivity contribution < 1.29 is 0 Å². The Labute approximate surface area is 101 Å². The number of hydrogen-bond acceptors (Lipinski definition) is 3. The van der Waals surface area contributed by atoms with Gasteiger partial charge in [-0.3, -0.25) is 4.99 Å². The Morgan fingerprint density at radius 3 is 2.81 bits per heavy atom. The average molecular weight is 237 g/mol. The third-order valence-electron chi connectivity index (χ3n) is 3.08. The molecule has 1 saturated carbocycles. The zero-order valence-electron chi connectivity index (χ0n) is 10.0. The molecule has 1 aliphatic carbocycles. The molecule has 0 aromatic carbocycles. The van der Waals surface area contributed by atoms with Gasteiger partial charge in [0.1, 0.15) is 0 Å². The lowest BCUT2D eigenvalue weighted by Crippen LogP contribution is -2.14. The summed E-state index contributed by atoms with van der Waals surface area (Å²) in [6, 6.07) is 0. The van der Waals surface area contributed by atoms with Gasteiger partial charge < -0.3 is 0 Å². The number of thiazole rings is 1. The summed E-state index contributed by atoms with van der Waals surface area (Å²) < 4.78 is 1.94. The molecule has 0 bridgehead atoms. The first-order chi connectivity index (χ1) is 7.81. The molecule has 0 N–H and O–H groups in total. The SMILES string of the molecule is CN=c1scc(C)n1/N=C/C1CCCCC1. The molecule has 2 rings (SSSR count). The van der Waals surface area contributed by atoms with Gasteiger partial charge in [-0.05, 0) is 25.7 Å². The van der Waals surface area contributed by atoms with Crippen molar-refractivity contribution in [3.05, 3.63) is 15.9 Å². The van der Waals surface area contributed by atoms with Crippen molar-refractivity contribution in [2.45, 2.75) is 39.0 Å². The van der Waals surface area contributed by atoms with E-state index in [9.17, 15) is 0 Å². The molecule has 0 amide bonds. The summed E-state index contributed by atoms with van der Waals surface area (Å²) in [4.78, 5) is 5.20. The molecule has 88 valence electrons. The van der Waals surface area contributed by atoms with Crippen molar-refractivity contribution in [1.29, 1.82) is 0 Å². The van der Waals surface area contributed by atoms with Crippen molar-refractivity contribution in [3.63, 3.8) is 0 Å². The molecule has 4 heteroatoms. The van der Waals surface area contributed by atoms with Gasteiger partial charge in [0.15, 0.2) is 0 Å². The quantitative estimate of drug-likeness (QED) is 0.708. The first-order valence-electron chi connectivity index (χ1n) is 5.95. The molecular weight excluding hydrogens is 218 g/mol. The van der Waals surface area contributed by atoms with Crippen LogP contribution in [0.1, 0.15) is 37.8 Å². The lowest BCUT2D eigenvalue weighted by molar-refractivity contribution is 0.443. The van der Waals surface area contributed by atoms with Crippen molar-refractivity contribution in [2.75, 3.05) is 7.05 Å². The maximum atomic E-state index is 4.57. The lowest BCUT2D eigenvalue weighted by atomic mass is 9.90. The highest BCUT2D eigenvalue weighted by Crippen LogP contribution is 2.21. The van der Waals surface area contributed by atoms with E-state index in [4.69, 9.17) is 0 Å². The summed E-state index contributed by atoms with van der Waals surface area (Å²) in [7, 11) is 1.82. The standard InChI is InChI=1S/C12H19N3S/c1-10-9-16-12(13-2)15(10)14-8-11-6-4-3-5-7-11/h8-9,11H,3-7H2,1-2H3/b13-12?,14-8+. The molecule has 0 aliphatic heterocycles. The van der Waals surface area contributed by atoms with Crippen LogP contribution in [0.25, 0.3) is 0 Å². The average Bonchev–Trinajstić information content (AvgIpc) is 2.69. The van der Waals surface area contributed by atoms with Gasteiger partial charge in [-0.25, -0.2) is 4.68 Å². The molecular formula is C12H19N3S. The minimum absolute atomic E-state index is 0.672.